The van der Waals surface area contributed by atoms with Crippen molar-refractivity contribution in [1.29, 1.82) is 0 Å². The molecule has 3 aromatic rings. The van der Waals surface area contributed by atoms with Gasteiger partial charge in [-0.2, -0.15) is 5.10 Å². The highest BCUT2D eigenvalue weighted by Crippen LogP contribution is 2.23. The minimum atomic E-state index is 0.00132. The standard InChI is InChI=1S/C24H19ClN2O/c25-21-11-9-19(10-12-21)23-16-17-27(26-23)22-13-6-18(7-14-22)8-15-24(28)20-4-2-1-3-5-20/h1-15H,16-17H2/b15-8+. The zero-order valence-electron chi connectivity index (χ0n) is 15.3. The van der Waals surface area contributed by atoms with Crippen LogP contribution in [0.25, 0.3) is 6.08 Å². The number of benzene rings is 3. The average molecular weight is 387 g/mol. The Labute approximate surface area is 169 Å². The van der Waals surface area contributed by atoms with E-state index >= 15 is 0 Å². The molecule has 4 rings (SSSR count). The monoisotopic (exact) mass is 386 g/mol. The van der Waals surface area contributed by atoms with E-state index < -0.39 is 0 Å². The molecule has 0 fully saturated rings. The first kappa shape index (κ1) is 18.2. The van der Waals surface area contributed by atoms with Crippen molar-refractivity contribution in [1.82, 2.24) is 0 Å². The Morgan fingerprint density at radius 1 is 0.929 bits per heavy atom. The van der Waals surface area contributed by atoms with Gasteiger partial charge in [0.15, 0.2) is 5.78 Å². The van der Waals surface area contributed by atoms with E-state index in [4.69, 9.17) is 16.7 Å². The molecule has 3 nitrogen and oxygen atoms in total. The van der Waals surface area contributed by atoms with E-state index in [1.54, 1.807) is 6.08 Å². The third kappa shape index (κ3) is 4.21. The van der Waals surface area contributed by atoms with Crippen LogP contribution in [0.3, 0.4) is 0 Å². The van der Waals surface area contributed by atoms with Crippen molar-refractivity contribution in [3.63, 3.8) is 0 Å². The lowest BCUT2D eigenvalue weighted by Gasteiger charge is -2.13. The van der Waals surface area contributed by atoms with E-state index in [-0.39, 0.29) is 5.78 Å². The van der Waals surface area contributed by atoms with E-state index in [9.17, 15) is 4.79 Å². The Bertz CT molecular complexity index is 1020. The quantitative estimate of drug-likeness (QED) is 0.407. The number of nitrogens with zero attached hydrogens (tertiary/aromatic N) is 2. The first-order valence-corrected chi connectivity index (χ1v) is 9.55. The molecule has 0 bridgehead atoms. The zero-order valence-corrected chi connectivity index (χ0v) is 16.0. The van der Waals surface area contributed by atoms with Crippen LogP contribution in [0.2, 0.25) is 5.02 Å². The molecule has 0 amide bonds. The van der Waals surface area contributed by atoms with Gasteiger partial charge in [0.1, 0.15) is 0 Å². The maximum atomic E-state index is 12.2. The van der Waals surface area contributed by atoms with Crippen molar-refractivity contribution < 1.29 is 4.79 Å². The number of hydrogen-bond acceptors (Lipinski definition) is 3. The minimum Gasteiger partial charge on any atom is -0.289 e. The molecule has 28 heavy (non-hydrogen) atoms. The van der Waals surface area contributed by atoms with E-state index in [1.807, 2.05) is 89.9 Å². The summed E-state index contributed by atoms with van der Waals surface area (Å²) in [6.45, 7) is 0.847. The second kappa shape index (κ2) is 8.24. The minimum absolute atomic E-state index is 0.00132. The molecule has 3 aromatic carbocycles. The Hall–Kier alpha value is -3.17. The molecule has 0 radical (unpaired) electrons. The molecule has 0 saturated heterocycles. The number of allylic oxidation sites excluding steroid dienone is 1. The first-order valence-electron chi connectivity index (χ1n) is 9.17. The molecular formula is C24H19ClN2O. The summed E-state index contributed by atoms with van der Waals surface area (Å²) in [5.74, 6) is 0.00132. The molecule has 0 aromatic heterocycles. The predicted molar refractivity (Wildman–Crippen MR) is 116 cm³/mol. The molecule has 0 atom stereocenters. The Balaban J connectivity index is 1.44. The fourth-order valence-corrected chi connectivity index (χ4v) is 3.24. The summed E-state index contributed by atoms with van der Waals surface area (Å²) >= 11 is 5.96. The van der Waals surface area contributed by atoms with Crippen molar-refractivity contribution in [2.75, 3.05) is 11.6 Å². The lowest BCUT2D eigenvalue weighted by atomic mass is 10.1. The van der Waals surface area contributed by atoms with Gasteiger partial charge >= 0.3 is 0 Å². The second-order valence-corrected chi connectivity index (χ2v) is 7.02. The van der Waals surface area contributed by atoms with Crippen LogP contribution in [0.5, 0.6) is 0 Å². The topological polar surface area (TPSA) is 32.7 Å². The van der Waals surface area contributed by atoms with Gasteiger partial charge in [-0.15, -0.1) is 0 Å². The van der Waals surface area contributed by atoms with Gasteiger partial charge in [0, 0.05) is 23.6 Å². The average Bonchev–Trinajstić information content (AvgIpc) is 3.24. The van der Waals surface area contributed by atoms with Crippen molar-refractivity contribution >= 4 is 34.9 Å². The number of ketones is 1. The van der Waals surface area contributed by atoms with Crippen molar-refractivity contribution in [2.24, 2.45) is 5.10 Å². The van der Waals surface area contributed by atoms with Gasteiger partial charge in [0.05, 0.1) is 11.4 Å². The van der Waals surface area contributed by atoms with Crippen LogP contribution in [0.4, 0.5) is 5.69 Å². The molecule has 1 heterocycles. The molecule has 1 aliphatic rings. The third-order valence-electron chi connectivity index (χ3n) is 4.66. The summed E-state index contributed by atoms with van der Waals surface area (Å²) < 4.78 is 0. The maximum Gasteiger partial charge on any atom is 0.185 e. The van der Waals surface area contributed by atoms with Gasteiger partial charge in [0.2, 0.25) is 0 Å². The molecule has 4 heteroatoms. The molecule has 138 valence electrons. The summed E-state index contributed by atoms with van der Waals surface area (Å²) in [5.41, 5.74) is 4.88. The van der Waals surface area contributed by atoms with Crippen molar-refractivity contribution in [3.05, 3.63) is 107 Å². The largest absolute Gasteiger partial charge is 0.289 e. The fraction of sp³-hybridized carbons (Fsp3) is 0.0833. The lowest BCUT2D eigenvalue weighted by Crippen LogP contribution is -2.11. The van der Waals surface area contributed by atoms with Crippen LogP contribution >= 0.6 is 11.6 Å². The molecule has 0 saturated carbocycles. The maximum absolute atomic E-state index is 12.2. The number of hydrazone groups is 1. The van der Waals surface area contributed by atoms with Crippen molar-refractivity contribution in [3.8, 4) is 0 Å². The Morgan fingerprint density at radius 3 is 2.36 bits per heavy atom. The molecule has 0 aliphatic carbocycles. The molecule has 0 spiro atoms. The van der Waals surface area contributed by atoms with Crippen LogP contribution in [-0.2, 0) is 0 Å². The number of hydrogen-bond donors (Lipinski definition) is 0. The van der Waals surface area contributed by atoms with Crippen LogP contribution in [0.15, 0.2) is 90.0 Å². The van der Waals surface area contributed by atoms with Gasteiger partial charge in [0.25, 0.3) is 0 Å². The van der Waals surface area contributed by atoms with Gasteiger partial charge in [-0.25, -0.2) is 0 Å². The Morgan fingerprint density at radius 2 is 1.64 bits per heavy atom. The number of anilines is 1. The van der Waals surface area contributed by atoms with Gasteiger partial charge in [-0.05, 0) is 41.5 Å². The second-order valence-electron chi connectivity index (χ2n) is 6.58. The zero-order chi connectivity index (χ0) is 19.3. The number of rotatable bonds is 5. The van der Waals surface area contributed by atoms with E-state index in [0.717, 1.165) is 40.5 Å². The molecular weight excluding hydrogens is 368 g/mol. The predicted octanol–water partition coefficient (Wildman–Crippen LogP) is 5.85. The van der Waals surface area contributed by atoms with Crippen LogP contribution in [0.1, 0.15) is 27.9 Å². The number of carbonyl (C=O) groups excluding carboxylic acids is 1. The highest BCUT2D eigenvalue weighted by Gasteiger charge is 2.17. The summed E-state index contributed by atoms with van der Waals surface area (Å²) in [5, 5.41) is 7.47. The smallest absolute Gasteiger partial charge is 0.185 e. The first-order chi connectivity index (χ1) is 13.7. The molecule has 1 aliphatic heterocycles. The van der Waals surface area contributed by atoms with Crippen molar-refractivity contribution in [2.45, 2.75) is 6.42 Å². The third-order valence-corrected chi connectivity index (χ3v) is 4.91. The highest BCUT2D eigenvalue weighted by atomic mass is 35.5. The van der Waals surface area contributed by atoms with Crippen LogP contribution in [0, 0.1) is 0 Å². The van der Waals surface area contributed by atoms with Crippen LogP contribution in [-0.4, -0.2) is 18.0 Å². The Kier molecular flexibility index (Phi) is 5.36. The molecule has 0 unspecified atom stereocenters. The lowest BCUT2D eigenvalue weighted by molar-refractivity contribution is 0.104. The van der Waals surface area contributed by atoms with E-state index in [2.05, 4.69) is 0 Å². The number of carbonyl (C=O) groups is 1. The van der Waals surface area contributed by atoms with Gasteiger partial charge in [-0.3, -0.25) is 9.80 Å². The summed E-state index contributed by atoms with van der Waals surface area (Å²) in [6, 6.07) is 25.1. The fourth-order valence-electron chi connectivity index (χ4n) is 3.12. The normalized spacial score (nSPS) is 13.8. The molecule has 0 N–H and O–H groups in total. The van der Waals surface area contributed by atoms with E-state index in [0.29, 0.717) is 5.56 Å². The van der Waals surface area contributed by atoms with Gasteiger partial charge in [-0.1, -0.05) is 72.3 Å². The summed E-state index contributed by atoms with van der Waals surface area (Å²) in [4.78, 5) is 12.2. The summed E-state index contributed by atoms with van der Waals surface area (Å²) in [6.07, 6.45) is 4.34. The number of halogens is 1. The van der Waals surface area contributed by atoms with E-state index in [1.165, 1.54) is 0 Å². The SMILES string of the molecule is O=C(/C=C/c1ccc(N2CCC(c3ccc(Cl)cc3)=N2)cc1)c1ccccc1. The van der Waals surface area contributed by atoms with Gasteiger partial charge < -0.3 is 0 Å². The summed E-state index contributed by atoms with van der Waals surface area (Å²) in [7, 11) is 0. The highest BCUT2D eigenvalue weighted by molar-refractivity contribution is 6.30. The van der Waals surface area contributed by atoms with Crippen LogP contribution < -0.4 is 5.01 Å².